The summed E-state index contributed by atoms with van der Waals surface area (Å²) in [6, 6.07) is 0. The van der Waals surface area contributed by atoms with Crippen molar-refractivity contribution in [2.45, 2.75) is 58.7 Å². The molecule has 0 spiro atoms. The summed E-state index contributed by atoms with van der Waals surface area (Å²) in [7, 11) is 0. The van der Waals surface area contributed by atoms with Gasteiger partial charge in [0.1, 0.15) is 5.60 Å². The summed E-state index contributed by atoms with van der Waals surface area (Å²) < 4.78 is 5.77. The van der Waals surface area contributed by atoms with E-state index in [4.69, 9.17) is 4.74 Å². The SMILES string of the molecule is CCC(C)OC1(C(=O)C(C)C)CC1. The van der Waals surface area contributed by atoms with Crippen LogP contribution in [0.25, 0.3) is 0 Å². The van der Waals surface area contributed by atoms with Gasteiger partial charge in [-0.2, -0.15) is 0 Å². The molecule has 0 N–H and O–H groups in total. The molecule has 1 rings (SSSR count). The average molecular weight is 184 g/mol. The Bertz CT molecular complexity index is 192. The summed E-state index contributed by atoms with van der Waals surface area (Å²) in [5.74, 6) is 0.388. The Morgan fingerprint density at radius 1 is 1.38 bits per heavy atom. The summed E-state index contributed by atoms with van der Waals surface area (Å²) in [6.45, 7) is 8.01. The lowest BCUT2D eigenvalue weighted by Gasteiger charge is -2.21. The molecule has 1 unspecified atom stereocenters. The average Bonchev–Trinajstić information content (AvgIpc) is 2.84. The number of ketones is 1. The lowest BCUT2D eigenvalue weighted by Crippen LogP contribution is -2.33. The van der Waals surface area contributed by atoms with Gasteiger partial charge >= 0.3 is 0 Å². The van der Waals surface area contributed by atoms with Crippen LogP contribution in [0.1, 0.15) is 47.0 Å². The van der Waals surface area contributed by atoms with Crippen molar-refractivity contribution in [3.05, 3.63) is 0 Å². The Kier molecular flexibility index (Phi) is 3.12. The molecule has 1 aliphatic rings. The zero-order valence-corrected chi connectivity index (χ0v) is 9.09. The molecule has 13 heavy (non-hydrogen) atoms. The van der Waals surface area contributed by atoms with Crippen molar-refractivity contribution in [2.75, 3.05) is 0 Å². The topological polar surface area (TPSA) is 26.3 Å². The largest absolute Gasteiger partial charge is 0.364 e. The molecular weight excluding hydrogens is 164 g/mol. The smallest absolute Gasteiger partial charge is 0.167 e. The fourth-order valence-corrected chi connectivity index (χ4v) is 1.53. The highest BCUT2D eigenvalue weighted by atomic mass is 16.5. The second-order valence-corrected chi connectivity index (χ2v) is 4.35. The molecule has 0 aromatic carbocycles. The molecule has 2 nitrogen and oxygen atoms in total. The van der Waals surface area contributed by atoms with Gasteiger partial charge in [-0.3, -0.25) is 4.79 Å². The third-order valence-corrected chi connectivity index (χ3v) is 2.68. The van der Waals surface area contributed by atoms with Crippen LogP contribution in [0.2, 0.25) is 0 Å². The first-order valence-corrected chi connectivity index (χ1v) is 5.24. The number of carbonyl (C=O) groups is 1. The maximum atomic E-state index is 11.8. The van der Waals surface area contributed by atoms with Crippen molar-refractivity contribution in [1.29, 1.82) is 0 Å². The molecule has 2 heteroatoms. The zero-order valence-electron chi connectivity index (χ0n) is 9.09. The molecule has 1 fully saturated rings. The van der Waals surface area contributed by atoms with Crippen molar-refractivity contribution < 1.29 is 9.53 Å². The highest BCUT2D eigenvalue weighted by molar-refractivity contribution is 5.91. The summed E-state index contributed by atoms with van der Waals surface area (Å²) in [5.41, 5.74) is -0.385. The maximum Gasteiger partial charge on any atom is 0.167 e. The van der Waals surface area contributed by atoms with Gasteiger partial charge in [-0.25, -0.2) is 0 Å². The first kappa shape index (κ1) is 10.7. The number of ether oxygens (including phenoxy) is 1. The molecule has 0 aromatic rings. The van der Waals surface area contributed by atoms with Crippen LogP contribution in [0, 0.1) is 5.92 Å². The quantitative estimate of drug-likeness (QED) is 0.656. The van der Waals surface area contributed by atoms with Gasteiger partial charge in [0.25, 0.3) is 0 Å². The zero-order chi connectivity index (χ0) is 10.1. The Hall–Kier alpha value is -0.370. The van der Waals surface area contributed by atoms with Gasteiger partial charge in [0.05, 0.1) is 6.10 Å². The van der Waals surface area contributed by atoms with E-state index in [9.17, 15) is 4.79 Å². The van der Waals surface area contributed by atoms with Crippen molar-refractivity contribution >= 4 is 5.78 Å². The molecule has 0 heterocycles. The van der Waals surface area contributed by atoms with E-state index in [2.05, 4.69) is 6.92 Å². The molecule has 1 aliphatic carbocycles. The molecule has 0 saturated heterocycles. The first-order chi connectivity index (χ1) is 6.02. The summed E-state index contributed by atoms with van der Waals surface area (Å²) in [4.78, 5) is 11.8. The molecule has 1 saturated carbocycles. The normalized spacial score (nSPS) is 21.6. The third kappa shape index (κ3) is 2.31. The molecule has 0 aromatic heterocycles. The van der Waals surface area contributed by atoms with Gasteiger partial charge in [0.15, 0.2) is 5.78 Å². The number of rotatable bonds is 5. The fraction of sp³-hybridized carbons (Fsp3) is 0.909. The van der Waals surface area contributed by atoms with E-state index in [1.54, 1.807) is 0 Å². The molecule has 76 valence electrons. The van der Waals surface area contributed by atoms with Crippen LogP contribution in [0.3, 0.4) is 0 Å². The van der Waals surface area contributed by atoms with Crippen molar-refractivity contribution in [1.82, 2.24) is 0 Å². The monoisotopic (exact) mass is 184 g/mol. The number of Topliss-reactive ketones (excluding diaryl/α,β-unsaturated/α-hetero) is 1. The summed E-state index contributed by atoms with van der Waals surface area (Å²) >= 11 is 0. The van der Waals surface area contributed by atoms with Crippen LogP contribution in [0.15, 0.2) is 0 Å². The molecular formula is C11H20O2. The van der Waals surface area contributed by atoms with E-state index in [1.165, 1.54) is 0 Å². The minimum Gasteiger partial charge on any atom is -0.364 e. The van der Waals surface area contributed by atoms with Gasteiger partial charge in [-0.15, -0.1) is 0 Å². The van der Waals surface area contributed by atoms with Crippen molar-refractivity contribution in [3.63, 3.8) is 0 Å². The Morgan fingerprint density at radius 3 is 2.23 bits per heavy atom. The van der Waals surface area contributed by atoms with Gasteiger partial charge in [0.2, 0.25) is 0 Å². The van der Waals surface area contributed by atoms with E-state index >= 15 is 0 Å². The van der Waals surface area contributed by atoms with E-state index in [0.29, 0.717) is 0 Å². The number of carbonyl (C=O) groups excluding carboxylic acids is 1. The second-order valence-electron chi connectivity index (χ2n) is 4.35. The molecule has 0 radical (unpaired) electrons. The lowest BCUT2D eigenvalue weighted by molar-refractivity contribution is -0.140. The van der Waals surface area contributed by atoms with Crippen molar-refractivity contribution in [3.8, 4) is 0 Å². The highest BCUT2D eigenvalue weighted by Crippen LogP contribution is 2.43. The second kappa shape index (κ2) is 3.79. The minimum absolute atomic E-state index is 0.103. The van der Waals surface area contributed by atoms with Gasteiger partial charge in [-0.05, 0) is 26.2 Å². The van der Waals surface area contributed by atoms with Gasteiger partial charge in [0, 0.05) is 5.92 Å². The van der Waals surface area contributed by atoms with Crippen molar-refractivity contribution in [2.24, 2.45) is 5.92 Å². The highest BCUT2D eigenvalue weighted by Gasteiger charge is 2.52. The van der Waals surface area contributed by atoms with Crippen LogP contribution in [0.4, 0.5) is 0 Å². The van der Waals surface area contributed by atoms with E-state index in [0.717, 1.165) is 19.3 Å². The lowest BCUT2D eigenvalue weighted by atomic mass is 10.0. The van der Waals surface area contributed by atoms with Gasteiger partial charge < -0.3 is 4.74 Å². The predicted octanol–water partition coefficient (Wildman–Crippen LogP) is 2.56. The Balaban J connectivity index is 2.52. The predicted molar refractivity (Wildman–Crippen MR) is 52.6 cm³/mol. The van der Waals surface area contributed by atoms with E-state index in [1.807, 2.05) is 20.8 Å². The van der Waals surface area contributed by atoms with Crippen LogP contribution in [-0.2, 0) is 9.53 Å². The first-order valence-electron chi connectivity index (χ1n) is 5.24. The van der Waals surface area contributed by atoms with E-state index < -0.39 is 0 Å². The van der Waals surface area contributed by atoms with Crippen LogP contribution in [-0.4, -0.2) is 17.5 Å². The van der Waals surface area contributed by atoms with Crippen LogP contribution >= 0.6 is 0 Å². The molecule has 1 atom stereocenters. The Labute approximate surface area is 80.7 Å². The number of hydrogen-bond acceptors (Lipinski definition) is 2. The Morgan fingerprint density at radius 2 is 1.92 bits per heavy atom. The van der Waals surface area contributed by atoms with Crippen LogP contribution in [0.5, 0.6) is 0 Å². The molecule has 0 amide bonds. The van der Waals surface area contributed by atoms with Gasteiger partial charge in [-0.1, -0.05) is 20.8 Å². The summed E-state index contributed by atoms with van der Waals surface area (Å²) in [6.07, 6.45) is 3.04. The fourth-order valence-electron chi connectivity index (χ4n) is 1.53. The molecule has 0 bridgehead atoms. The number of hydrogen-bond donors (Lipinski definition) is 0. The van der Waals surface area contributed by atoms with Crippen LogP contribution < -0.4 is 0 Å². The van der Waals surface area contributed by atoms with E-state index in [-0.39, 0.29) is 23.4 Å². The molecule has 0 aliphatic heterocycles. The third-order valence-electron chi connectivity index (χ3n) is 2.68. The maximum absolute atomic E-state index is 11.8. The summed E-state index contributed by atoms with van der Waals surface area (Å²) in [5, 5.41) is 0. The standard InChI is InChI=1S/C11H20O2/c1-5-9(4)13-11(6-7-11)10(12)8(2)3/h8-9H,5-7H2,1-4H3. The minimum atomic E-state index is -0.385.